The molecule has 0 atom stereocenters. The van der Waals surface area contributed by atoms with Gasteiger partial charge in [-0.1, -0.05) is 12.2 Å². The fourth-order valence-electron chi connectivity index (χ4n) is 2.90. The summed E-state index contributed by atoms with van der Waals surface area (Å²) in [5.74, 6) is 2.50. The Morgan fingerprint density at radius 2 is 2.04 bits per heavy atom. The molecule has 1 amide bonds. The quantitative estimate of drug-likeness (QED) is 0.863. The number of carbonyl (C=O) groups excluding carboxylic acids is 1. The summed E-state index contributed by atoms with van der Waals surface area (Å²) in [5.41, 5.74) is 6.11. The van der Waals surface area contributed by atoms with Crippen LogP contribution in [0.5, 0.6) is 11.5 Å². The molecule has 2 aromatic rings. The predicted octanol–water partition coefficient (Wildman–Crippen LogP) is 1.46. The molecule has 0 fully saturated rings. The number of rotatable bonds is 4. The van der Waals surface area contributed by atoms with E-state index < -0.39 is 5.91 Å². The average Bonchev–Trinajstić information content (AvgIpc) is 3.25. The summed E-state index contributed by atoms with van der Waals surface area (Å²) >= 11 is 0. The van der Waals surface area contributed by atoms with Crippen LogP contribution in [0.4, 0.5) is 0 Å². The van der Waals surface area contributed by atoms with Crippen molar-refractivity contribution in [1.82, 2.24) is 14.8 Å². The van der Waals surface area contributed by atoms with Gasteiger partial charge in [0.1, 0.15) is 5.82 Å². The Labute approximate surface area is 132 Å². The van der Waals surface area contributed by atoms with Gasteiger partial charge in [0.25, 0.3) is 0 Å². The van der Waals surface area contributed by atoms with E-state index in [1.165, 1.54) is 0 Å². The van der Waals surface area contributed by atoms with Gasteiger partial charge in [-0.3, -0.25) is 4.79 Å². The fourth-order valence-corrected chi connectivity index (χ4v) is 2.90. The minimum Gasteiger partial charge on any atom is -0.454 e. The number of primary amides is 1. The Morgan fingerprint density at radius 3 is 2.83 bits per heavy atom. The van der Waals surface area contributed by atoms with Crippen molar-refractivity contribution in [1.29, 1.82) is 0 Å². The largest absolute Gasteiger partial charge is 0.454 e. The first-order chi connectivity index (χ1) is 11.2. The lowest BCUT2D eigenvalue weighted by Gasteiger charge is -2.11. The van der Waals surface area contributed by atoms with Gasteiger partial charge in [0.15, 0.2) is 17.3 Å². The van der Waals surface area contributed by atoms with Gasteiger partial charge in [-0.05, 0) is 25.0 Å². The molecule has 118 valence electrons. The highest BCUT2D eigenvalue weighted by Crippen LogP contribution is 2.35. The van der Waals surface area contributed by atoms with Crippen molar-refractivity contribution >= 4 is 5.91 Å². The first-order valence-corrected chi connectivity index (χ1v) is 7.50. The minimum atomic E-state index is -0.441. The summed E-state index contributed by atoms with van der Waals surface area (Å²) in [6.07, 6.45) is 6.14. The van der Waals surface area contributed by atoms with Crippen LogP contribution in [0.25, 0.3) is 5.69 Å². The van der Waals surface area contributed by atoms with Crippen LogP contribution < -0.4 is 15.2 Å². The number of nitrogens with zero attached hydrogens (tertiary/aromatic N) is 3. The maximum atomic E-state index is 11.2. The first kappa shape index (κ1) is 13.8. The van der Waals surface area contributed by atoms with Crippen molar-refractivity contribution < 1.29 is 14.3 Å². The van der Waals surface area contributed by atoms with Crippen LogP contribution in [-0.4, -0.2) is 27.5 Å². The zero-order valence-electron chi connectivity index (χ0n) is 12.4. The molecule has 1 aliphatic carbocycles. The number of nitrogens with two attached hydrogens (primary N) is 1. The zero-order chi connectivity index (χ0) is 15.8. The van der Waals surface area contributed by atoms with Gasteiger partial charge in [-0.25, -0.2) is 9.67 Å². The topological polar surface area (TPSA) is 92.3 Å². The lowest BCUT2D eigenvalue weighted by molar-refractivity contribution is -0.117. The van der Waals surface area contributed by atoms with Crippen LogP contribution in [0.1, 0.15) is 30.4 Å². The lowest BCUT2D eigenvalue weighted by atomic mass is 10.1. The fraction of sp³-hybridized carbons (Fsp3) is 0.312. The van der Waals surface area contributed by atoms with Gasteiger partial charge in [0.2, 0.25) is 12.7 Å². The van der Waals surface area contributed by atoms with Gasteiger partial charge in [-0.2, -0.15) is 5.10 Å². The molecule has 0 saturated carbocycles. The third kappa shape index (κ3) is 2.54. The van der Waals surface area contributed by atoms with Gasteiger partial charge in [0.05, 0.1) is 12.1 Å². The maximum absolute atomic E-state index is 11.2. The molecule has 0 spiro atoms. The Balaban J connectivity index is 1.76. The van der Waals surface area contributed by atoms with Gasteiger partial charge in [-0.15, -0.1) is 0 Å². The van der Waals surface area contributed by atoms with Crippen LogP contribution in [0.3, 0.4) is 0 Å². The minimum absolute atomic E-state index is 0.0324. The van der Waals surface area contributed by atoms with Gasteiger partial charge in [0, 0.05) is 12.0 Å². The first-order valence-electron chi connectivity index (χ1n) is 7.50. The van der Waals surface area contributed by atoms with E-state index in [1.54, 1.807) is 4.68 Å². The predicted molar refractivity (Wildman–Crippen MR) is 81.5 cm³/mol. The maximum Gasteiger partial charge on any atom is 0.231 e. The molecule has 2 heterocycles. The Morgan fingerprint density at radius 1 is 1.26 bits per heavy atom. The smallest absolute Gasteiger partial charge is 0.231 e. The molecule has 4 rings (SSSR count). The highest BCUT2D eigenvalue weighted by molar-refractivity contribution is 5.75. The summed E-state index contributed by atoms with van der Waals surface area (Å²) in [5, 5.41) is 4.47. The molecule has 7 heteroatoms. The summed E-state index contributed by atoms with van der Waals surface area (Å²) in [7, 11) is 0. The molecule has 0 radical (unpaired) electrons. The van der Waals surface area contributed by atoms with E-state index in [4.69, 9.17) is 15.2 Å². The van der Waals surface area contributed by atoms with Crippen molar-refractivity contribution in [3.8, 4) is 17.2 Å². The van der Waals surface area contributed by atoms with Crippen molar-refractivity contribution in [2.24, 2.45) is 5.73 Å². The van der Waals surface area contributed by atoms with E-state index in [0.717, 1.165) is 30.1 Å². The molecule has 0 unspecified atom stereocenters. The Kier molecular flexibility index (Phi) is 3.25. The third-order valence-corrected chi connectivity index (χ3v) is 3.98. The Hall–Kier alpha value is -2.83. The summed E-state index contributed by atoms with van der Waals surface area (Å²) < 4.78 is 12.5. The van der Waals surface area contributed by atoms with Crippen molar-refractivity contribution in [3.63, 3.8) is 0 Å². The SMILES string of the molecule is NC(=O)Cc1nc(C2CC=CC2)n(-c2ccc3c(c2)OCO3)n1. The van der Waals surface area contributed by atoms with Crippen molar-refractivity contribution in [2.45, 2.75) is 25.2 Å². The Bertz CT molecular complexity index is 789. The van der Waals surface area contributed by atoms with E-state index in [-0.39, 0.29) is 19.1 Å². The number of hydrogen-bond donors (Lipinski definition) is 1. The monoisotopic (exact) mass is 312 g/mol. The number of benzene rings is 1. The van der Waals surface area contributed by atoms with E-state index in [0.29, 0.717) is 11.6 Å². The van der Waals surface area contributed by atoms with Crippen molar-refractivity contribution in [3.05, 3.63) is 42.0 Å². The second-order valence-corrected chi connectivity index (χ2v) is 5.62. The number of amides is 1. The summed E-state index contributed by atoms with van der Waals surface area (Å²) in [6, 6.07) is 5.63. The number of hydrogen-bond acceptors (Lipinski definition) is 5. The zero-order valence-corrected chi connectivity index (χ0v) is 12.4. The average molecular weight is 312 g/mol. The van der Waals surface area contributed by atoms with E-state index in [2.05, 4.69) is 22.2 Å². The number of ether oxygens (including phenoxy) is 2. The van der Waals surface area contributed by atoms with Gasteiger partial charge < -0.3 is 15.2 Å². The highest BCUT2D eigenvalue weighted by atomic mass is 16.7. The molecular formula is C16H16N4O3. The van der Waals surface area contributed by atoms with Crippen LogP contribution in [-0.2, 0) is 11.2 Å². The number of fused-ring (bicyclic) bond motifs is 1. The van der Waals surface area contributed by atoms with Crippen LogP contribution >= 0.6 is 0 Å². The standard InChI is InChI=1S/C16H16N4O3/c17-14(21)8-15-18-16(10-3-1-2-4-10)20(19-15)11-5-6-12-13(7-11)23-9-22-12/h1-2,5-7,10H,3-4,8-9H2,(H2,17,21). The molecule has 2 N–H and O–H groups in total. The second kappa shape index (κ2) is 5.42. The molecule has 1 aromatic heterocycles. The van der Waals surface area contributed by atoms with Crippen molar-refractivity contribution in [2.75, 3.05) is 6.79 Å². The van der Waals surface area contributed by atoms with Gasteiger partial charge >= 0.3 is 0 Å². The number of carbonyl (C=O) groups is 1. The molecule has 23 heavy (non-hydrogen) atoms. The molecule has 0 saturated heterocycles. The molecule has 7 nitrogen and oxygen atoms in total. The molecule has 2 aliphatic rings. The van der Waals surface area contributed by atoms with E-state index in [9.17, 15) is 4.79 Å². The summed E-state index contributed by atoms with van der Waals surface area (Å²) in [4.78, 5) is 15.7. The highest BCUT2D eigenvalue weighted by Gasteiger charge is 2.24. The normalized spacial score (nSPS) is 16.2. The number of allylic oxidation sites excluding steroid dienone is 2. The molecule has 0 bridgehead atoms. The molecular weight excluding hydrogens is 296 g/mol. The third-order valence-electron chi connectivity index (χ3n) is 3.98. The molecule has 1 aliphatic heterocycles. The van der Waals surface area contributed by atoms with Crippen LogP contribution in [0.15, 0.2) is 30.4 Å². The summed E-state index contributed by atoms with van der Waals surface area (Å²) in [6.45, 7) is 0.225. The van der Waals surface area contributed by atoms with Crippen LogP contribution in [0.2, 0.25) is 0 Å². The second-order valence-electron chi connectivity index (χ2n) is 5.62. The molecule has 1 aromatic carbocycles. The lowest BCUT2D eigenvalue weighted by Crippen LogP contribution is -2.14. The van der Waals surface area contributed by atoms with Crippen LogP contribution in [0, 0.1) is 0 Å². The van der Waals surface area contributed by atoms with E-state index >= 15 is 0 Å². The number of aromatic nitrogens is 3. The van der Waals surface area contributed by atoms with E-state index in [1.807, 2.05) is 18.2 Å².